The van der Waals surface area contributed by atoms with Gasteiger partial charge in [0, 0.05) is 44.6 Å². The Hall–Kier alpha value is -1.06. The first-order chi connectivity index (χ1) is 10.3. The summed E-state index contributed by atoms with van der Waals surface area (Å²) in [5.41, 5.74) is 3.24. The quantitative estimate of drug-likeness (QED) is 0.841. The van der Waals surface area contributed by atoms with Crippen LogP contribution in [0.4, 0.5) is 5.69 Å². The molecule has 1 heterocycles. The minimum absolute atomic E-state index is 0.347. The summed E-state index contributed by atoms with van der Waals surface area (Å²) >= 11 is 0. The van der Waals surface area contributed by atoms with E-state index in [1.165, 1.54) is 43.4 Å². The maximum absolute atomic E-state index is 5.19. The first kappa shape index (κ1) is 14.9. The van der Waals surface area contributed by atoms with Gasteiger partial charge in [-0.1, -0.05) is 31.0 Å². The third kappa shape index (κ3) is 3.41. The Labute approximate surface area is 128 Å². The summed E-state index contributed by atoms with van der Waals surface area (Å²) in [7, 11) is 1.79. The van der Waals surface area contributed by atoms with E-state index >= 15 is 0 Å². The smallest absolute Gasteiger partial charge is 0.0462 e. The molecule has 0 saturated heterocycles. The molecule has 0 bridgehead atoms. The second kappa shape index (κ2) is 6.80. The van der Waals surface area contributed by atoms with Gasteiger partial charge in [-0.15, -0.1) is 0 Å². The van der Waals surface area contributed by atoms with Crippen LogP contribution in [0.25, 0.3) is 0 Å². The Morgan fingerprint density at radius 2 is 2.00 bits per heavy atom. The maximum atomic E-state index is 5.19. The second-order valence-electron chi connectivity index (χ2n) is 6.59. The van der Waals surface area contributed by atoms with E-state index in [1.54, 1.807) is 7.11 Å². The molecule has 0 unspecified atom stereocenters. The third-order valence-corrected chi connectivity index (χ3v) is 5.07. The number of hydrogen-bond donors (Lipinski definition) is 1. The minimum atomic E-state index is 0.347. The van der Waals surface area contributed by atoms with Crippen molar-refractivity contribution in [3.63, 3.8) is 0 Å². The predicted molar refractivity (Wildman–Crippen MR) is 87.8 cm³/mol. The van der Waals surface area contributed by atoms with Crippen molar-refractivity contribution in [2.75, 3.05) is 31.7 Å². The highest BCUT2D eigenvalue weighted by molar-refractivity contribution is 5.55. The molecule has 3 rings (SSSR count). The first-order valence-corrected chi connectivity index (χ1v) is 8.40. The largest absolute Gasteiger partial charge is 0.385 e. The van der Waals surface area contributed by atoms with Crippen LogP contribution in [0.3, 0.4) is 0 Å². The summed E-state index contributed by atoms with van der Waals surface area (Å²) in [4.78, 5) is 2.62. The highest BCUT2D eigenvalue weighted by Gasteiger charge is 2.37. The molecule has 1 aromatic rings. The summed E-state index contributed by atoms with van der Waals surface area (Å²) in [6.07, 6.45) is 7.76. The Balaban J connectivity index is 1.75. The van der Waals surface area contributed by atoms with Crippen molar-refractivity contribution < 1.29 is 4.74 Å². The Morgan fingerprint density at radius 3 is 2.81 bits per heavy atom. The topological polar surface area (TPSA) is 24.5 Å². The van der Waals surface area contributed by atoms with Crippen LogP contribution in [0.5, 0.6) is 0 Å². The highest BCUT2D eigenvalue weighted by atomic mass is 16.5. The van der Waals surface area contributed by atoms with Crippen LogP contribution in [-0.2, 0) is 11.3 Å². The fourth-order valence-electron chi connectivity index (χ4n) is 3.89. The number of methoxy groups -OCH3 is 1. The van der Waals surface area contributed by atoms with Gasteiger partial charge in [0.2, 0.25) is 0 Å². The molecule has 21 heavy (non-hydrogen) atoms. The average Bonchev–Trinajstić information content (AvgIpc) is 2.91. The molecule has 1 aromatic carbocycles. The van der Waals surface area contributed by atoms with E-state index in [-0.39, 0.29) is 0 Å². The number of anilines is 1. The van der Waals surface area contributed by atoms with Crippen molar-refractivity contribution in [1.82, 2.24) is 5.32 Å². The number of hydrogen-bond acceptors (Lipinski definition) is 3. The zero-order valence-corrected chi connectivity index (χ0v) is 13.2. The van der Waals surface area contributed by atoms with E-state index in [0.717, 1.165) is 32.7 Å². The summed E-state index contributed by atoms with van der Waals surface area (Å²) in [5.74, 6) is 0. The number of ether oxygens (including phenoxy) is 1. The number of nitrogens with one attached hydrogen (secondary N) is 1. The minimum Gasteiger partial charge on any atom is -0.385 e. The number of para-hydroxylation sites is 1. The molecule has 116 valence electrons. The molecule has 1 N–H and O–H groups in total. The van der Waals surface area contributed by atoms with E-state index in [0.29, 0.717) is 5.54 Å². The molecule has 1 aliphatic heterocycles. The maximum Gasteiger partial charge on any atom is 0.0462 e. The van der Waals surface area contributed by atoms with Crippen molar-refractivity contribution >= 4 is 5.69 Å². The fraction of sp³-hybridized carbons (Fsp3) is 0.667. The van der Waals surface area contributed by atoms with Gasteiger partial charge in [-0.3, -0.25) is 0 Å². The molecule has 0 atom stereocenters. The third-order valence-electron chi connectivity index (χ3n) is 5.07. The molecule has 1 aliphatic carbocycles. The fourth-order valence-corrected chi connectivity index (χ4v) is 3.89. The number of benzene rings is 1. The van der Waals surface area contributed by atoms with E-state index in [4.69, 9.17) is 4.74 Å². The van der Waals surface area contributed by atoms with E-state index in [1.807, 2.05) is 0 Å². The molecule has 3 nitrogen and oxygen atoms in total. The molecular weight excluding hydrogens is 260 g/mol. The zero-order valence-electron chi connectivity index (χ0n) is 13.2. The molecule has 2 aliphatic rings. The number of fused-ring (bicyclic) bond motifs is 1. The van der Waals surface area contributed by atoms with Gasteiger partial charge in [-0.25, -0.2) is 0 Å². The molecule has 0 amide bonds. The van der Waals surface area contributed by atoms with Crippen molar-refractivity contribution in [2.24, 2.45) is 0 Å². The van der Waals surface area contributed by atoms with Gasteiger partial charge in [-0.05, 0) is 37.3 Å². The molecular formula is C18H28N2O. The van der Waals surface area contributed by atoms with Gasteiger partial charge >= 0.3 is 0 Å². The second-order valence-corrected chi connectivity index (χ2v) is 6.59. The lowest BCUT2D eigenvalue weighted by Gasteiger charge is -2.35. The molecule has 1 saturated carbocycles. The molecule has 1 fully saturated rings. The van der Waals surface area contributed by atoms with E-state index < -0.39 is 0 Å². The summed E-state index contributed by atoms with van der Waals surface area (Å²) < 4.78 is 5.19. The predicted octanol–water partition coefficient (Wildman–Crippen LogP) is 3.34. The van der Waals surface area contributed by atoms with E-state index in [2.05, 4.69) is 34.5 Å². The molecule has 0 aromatic heterocycles. The summed E-state index contributed by atoms with van der Waals surface area (Å²) in [5, 5.41) is 3.88. The molecule has 3 heteroatoms. The number of unbranched alkanes of at least 4 members (excludes halogenated alkanes) is 1. The van der Waals surface area contributed by atoms with Gasteiger partial charge in [-0.2, -0.15) is 0 Å². The van der Waals surface area contributed by atoms with Gasteiger partial charge in [0.15, 0.2) is 0 Å². The SMILES string of the molecule is COCCCCN1CC2(CCCC2)NCc2ccccc21. The lowest BCUT2D eigenvalue weighted by Crippen LogP contribution is -2.49. The van der Waals surface area contributed by atoms with Gasteiger partial charge < -0.3 is 15.0 Å². The monoisotopic (exact) mass is 288 g/mol. The Bertz CT molecular complexity index is 454. The highest BCUT2D eigenvalue weighted by Crippen LogP contribution is 2.35. The Morgan fingerprint density at radius 1 is 1.19 bits per heavy atom. The first-order valence-electron chi connectivity index (χ1n) is 8.40. The average molecular weight is 288 g/mol. The normalized spacial score (nSPS) is 20.5. The van der Waals surface area contributed by atoms with Crippen LogP contribution >= 0.6 is 0 Å². The van der Waals surface area contributed by atoms with Gasteiger partial charge in [0.25, 0.3) is 0 Å². The lowest BCUT2D eigenvalue weighted by atomic mass is 9.97. The van der Waals surface area contributed by atoms with E-state index in [9.17, 15) is 0 Å². The van der Waals surface area contributed by atoms with Crippen molar-refractivity contribution in [2.45, 2.75) is 50.6 Å². The van der Waals surface area contributed by atoms with Gasteiger partial charge in [0.05, 0.1) is 0 Å². The number of rotatable bonds is 5. The van der Waals surface area contributed by atoms with Gasteiger partial charge in [0.1, 0.15) is 0 Å². The summed E-state index contributed by atoms with van der Waals surface area (Å²) in [6.45, 7) is 4.20. The standard InChI is InChI=1S/C18H28N2O/c1-21-13-7-6-12-20-15-18(10-4-5-11-18)19-14-16-8-2-3-9-17(16)20/h2-3,8-9,19H,4-7,10-15H2,1H3. The number of nitrogens with zero attached hydrogens (tertiary/aromatic N) is 1. The van der Waals surface area contributed by atoms with Crippen LogP contribution in [0.2, 0.25) is 0 Å². The summed E-state index contributed by atoms with van der Waals surface area (Å²) in [6, 6.07) is 8.91. The Kier molecular flexibility index (Phi) is 4.81. The lowest BCUT2D eigenvalue weighted by molar-refractivity contribution is 0.193. The van der Waals surface area contributed by atoms with Crippen molar-refractivity contribution in [3.8, 4) is 0 Å². The van der Waals surface area contributed by atoms with Crippen LogP contribution < -0.4 is 10.2 Å². The molecule has 1 spiro atoms. The van der Waals surface area contributed by atoms with Crippen LogP contribution in [0.1, 0.15) is 44.1 Å². The zero-order chi connectivity index (χ0) is 14.5. The van der Waals surface area contributed by atoms with Crippen LogP contribution in [-0.4, -0.2) is 32.3 Å². The van der Waals surface area contributed by atoms with Crippen molar-refractivity contribution in [1.29, 1.82) is 0 Å². The van der Waals surface area contributed by atoms with Crippen LogP contribution in [0, 0.1) is 0 Å². The van der Waals surface area contributed by atoms with Crippen molar-refractivity contribution in [3.05, 3.63) is 29.8 Å². The molecule has 0 radical (unpaired) electrons. The van der Waals surface area contributed by atoms with Crippen LogP contribution in [0.15, 0.2) is 24.3 Å².